The van der Waals surface area contributed by atoms with Crippen LogP contribution in [0.4, 0.5) is 0 Å². The monoisotopic (exact) mass is 298 g/mol. The van der Waals surface area contributed by atoms with Crippen LogP contribution in [-0.2, 0) is 6.54 Å². The molecule has 114 valence electrons. The zero-order valence-electron chi connectivity index (χ0n) is 13.3. The summed E-state index contributed by atoms with van der Waals surface area (Å²) in [7, 11) is 4.12. The third-order valence-electron chi connectivity index (χ3n) is 2.83. The van der Waals surface area contributed by atoms with E-state index in [9.17, 15) is 0 Å². The Hall–Kier alpha value is -0.770. The molecule has 0 saturated carbocycles. The molecular formula is C16H27ClN2O. The number of ether oxygens (including phenoxy) is 1. The van der Waals surface area contributed by atoms with Crippen LogP contribution in [0.1, 0.15) is 32.8 Å². The normalized spacial score (nSPS) is 11.9. The van der Waals surface area contributed by atoms with Gasteiger partial charge < -0.3 is 15.0 Å². The maximum atomic E-state index is 6.26. The van der Waals surface area contributed by atoms with Crippen LogP contribution in [0.2, 0.25) is 5.02 Å². The van der Waals surface area contributed by atoms with E-state index in [1.165, 1.54) is 5.56 Å². The lowest BCUT2D eigenvalue weighted by Crippen LogP contribution is -2.35. The fourth-order valence-electron chi connectivity index (χ4n) is 1.70. The molecule has 1 aromatic carbocycles. The van der Waals surface area contributed by atoms with Crippen molar-refractivity contribution in [1.82, 2.24) is 10.2 Å². The van der Waals surface area contributed by atoms with Crippen molar-refractivity contribution >= 4 is 11.6 Å². The van der Waals surface area contributed by atoms with Gasteiger partial charge in [-0.1, -0.05) is 17.7 Å². The number of halogens is 1. The molecular weight excluding hydrogens is 272 g/mol. The number of benzene rings is 1. The van der Waals surface area contributed by atoms with E-state index in [-0.39, 0.29) is 5.54 Å². The van der Waals surface area contributed by atoms with Crippen molar-refractivity contribution in [2.75, 3.05) is 27.2 Å². The number of rotatable bonds is 7. The van der Waals surface area contributed by atoms with Crippen molar-refractivity contribution in [3.63, 3.8) is 0 Å². The third-order valence-corrected chi connectivity index (χ3v) is 3.12. The van der Waals surface area contributed by atoms with E-state index in [1.54, 1.807) is 0 Å². The van der Waals surface area contributed by atoms with Crippen molar-refractivity contribution in [2.45, 2.75) is 39.3 Å². The molecule has 0 aliphatic heterocycles. The minimum absolute atomic E-state index is 0.105. The van der Waals surface area contributed by atoms with Crippen molar-refractivity contribution in [1.29, 1.82) is 0 Å². The number of hydrogen-bond donors (Lipinski definition) is 1. The summed E-state index contributed by atoms with van der Waals surface area (Å²) in [5, 5.41) is 4.13. The van der Waals surface area contributed by atoms with E-state index < -0.39 is 0 Å². The van der Waals surface area contributed by atoms with Crippen LogP contribution in [0.25, 0.3) is 0 Å². The number of hydrogen-bond acceptors (Lipinski definition) is 3. The van der Waals surface area contributed by atoms with Gasteiger partial charge in [0.25, 0.3) is 0 Å². The van der Waals surface area contributed by atoms with Gasteiger partial charge in [-0.2, -0.15) is 0 Å². The van der Waals surface area contributed by atoms with Crippen LogP contribution < -0.4 is 10.1 Å². The Labute approximate surface area is 128 Å². The lowest BCUT2D eigenvalue weighted by Gasteiger charge is -2.20. The fourth-order valence-corrected chi connectivity index (χ4v) is 1.96. The molecule has 0 heterocycles. The predicted octanol–water partition coefficient (Wildman–Crippen LogP) is 3.56. The Balaban J connectivity index is 2.47. The zero-order valence-corrected chi connectivity index (χ0v) is 14.0. The minimum Gasteiger partial charge on any atom is -0.492 e. The van der Waals surface area contributed by atoms with Crippen molar-refractivity contribution < 1.29 is 4.74 Å². The molecule has 0 aromatic heterocycles. The second kappa shape index (κ2) is 7.87. The maximum absolute atomic E-state index is 6.26. The Bertz CT molecular complexity index is 413. The van der Waals surface area contributed by atoms with E-state index in [0.717, 1.165) is 25.3 Å². The van der Waals surface area contributed by atoms with Crippen LogP contribution >= 0.6 is 11.6 Å². The van der Waals surface area contributed by atoms with Gasteiger partial charge in [-0.3, -0.25) is 0 Å². The largest absolute Gasteiger partial charge is 0.492 e. The maximum Gasteiger partial charge on any atom is 0.137 e. The second-order valence-corrected chi connectivity index (χ2v) is 6.78. The molecule has 3 nitrogen and oxygen atoms in total. The summed E-state index contributed by atoms with van der Waals surface area (Å²) in [4.78, 5) is 2.15. The minimum atomic E-state index is 0.105. The van der Waals surface area contributed by atoms with Gasteiger partial charge in [0.2, 0.25) is 0 Å². The first-order valence-corrected chi connectivity index (χ1v) is 7.47. The van der Waals surface area contributed by atoms with Gasteiger partial charge in [-0.25, -0.2) is 0 Å². The SMILES string of the molecule is CN(C)CCCOc1ccc(CNC(C)(C)C)cc1Cl. The lowest BCUT2D eigenvalue weighted by molar-refractivity contribution is 0.281. The van der Waals surface area contributed by atoms with Crippen molar-refractivity contribution in [3.8, 4) is 5.75 Å². The summed E-state index contributed by atoms with van der Waals surface area (Å²) in [6.07, 6.45) is 0.997. The van der Waals surface area contributed by atoms with Crippen LogP contribution in [0.3, 0.4) is 0 Å². The van der Waals surface area contributed by atoms with E-state index in [1.807, 2.05) is 12.1 Å². The molecule has 0 fully saturated rings. The van der Waals surface area contributed by atoms with Gasteiger partial charge >= 0.3 is 0 Å². The molecule has 1 N–H and O–H groups in total. The van der Waals surface area contributed by atoms with Gasteiger partial charge in [0.15, 0.2) is 0 Å². The Morgan fingerprint density at radius 1 is 1.25 bits per heavy atom. The van der Waals surface area contributed by atoms with Gasteiger partial charge in [0.05, 0.1) is 11.6 Å². The van der Waals surface area contributed by atoms with E-state index >= 15 is 0 Å². The first kappa shape index (κ1) is 17.3. The quantitative estimate of drug-likeness (QED) is 0.779. The smallest absolute Gasteiger partial charge is 0.137 e. The van der Waals surface area contributed by atoms with Gasteiger partial charge in [0, 0.05) is 18.6 Å². The average Bonchev–Trinajstić information content (AvgIpc) is 2.33. The Kier molecular flexibility index (Phi) is 6.80. The van der Waals surface area contributed by atoms with Crippen LogP contribution in [0.5, 0.6) is 5.75 Å². The highest BCUT2D eigenvalue weighted by molar-refractivity contribution is 6.32. The summed E-state index contributed by atoms with van der Waals surface area (Å²) in [6, 6.07) is 5.99. The number of nitrogens with zero attached hydrogens (tertiary/aromatic N) is 1. The van der Waals surface area contributed by atoms with Gasteiger partial charge in [0.1, 0.15) is 5.75 Å². The molecule has 1 rings (SSSR count). The Morgan fingerprint density at radius 3 is 2.50 bits per heavy atom. The molecule has 20 heavy (non-hydrogen) atoms. The number of nitrogens with one attached hydrogen (secondary N) is 1. The lowest BCUT2D eigenvalue weighted by atomic mass is 10.1. The summed E-state index contributed by atoms with van der Waals surface area (Å²) in [6.45, 7) is 8.97. The average molecular weight is 299 g/mol. The van der Waals surface area contributed by atoms with E-state index in [4.69, 9.17) is 16.3 Å². The molecule has 0 amide bonds. The molecule has 1 aromatic rings. The Morgan fingerprint density at radius 2 is 1.95 bits per heavy atom. The third kappa shape index (κ3) is 7.13. The van der Waals surface area contributed by atoms with Crippen LogP contribution in [0.15, 0.2) is 18.2 Å². The topological polar surface area (TPSA) is 24.5 Å². The molecule has 0 saturated heterocycles. The molecule has 0 radical (unpaired) electrons. The standard InChI is InChI=1S/C16H27ClN2O/c1-16(2,3)18-12-13-7-8-15(14(17)11-13)20-10-6-9-19(4)5/h7-8,11,18H,6,9-10,12H2,1-5H3. The molecule has 0 aliphatic rings. The van der Waals surface area contributed by atoms with Gasteiger partial charge in [-0.05, 0) is 59.0 Å². The molecule has 0 atom stereocenters. The van der Waals surface area contributed by atoms with E-state index in [2.05, 4.69) is 51.1 Å². The summed E-state index contributed by atoms with van der Waals surface area (Å²) in [5.41, 5.74) is 1.28. The first-order valence-electron chi connectivity index (χ1n) is 7.09. The van der Waals surface area contributed by atoms with E-state index in [0.29, 0.717) is 11.6 Å². The first-order chi connectivity index (χ1) is 9.28. The van der Waals surface area contributed by atoms with Gasteiger partial charge in [-0.15, -0.1) is 0 Å². The molecule has 0 aliphatic carbocycles. The highest BCUT2D eigenvalue weighted by Gasteiger charge is 2.09. The van der Waals surface area contributed by atoms with Crippen molar-refractivity contribution in [3.05, 3.63) is 28.8 Å². The highest BCUT2D eigenvalue weighted by Crippen LogP contribution is 2.25. The second-order valence-electron chi connectivity index (χ2n) is 6.37. The summed E-state index contributed by atoms with van der Waals surface area (Å²) in [5.74, 6) is 0.768. The van der Waals surface area contributed by atoms with Crippen LogP contribution in [-0.4, -0.2) is 37.7 Å². The summed E-state index contributed by atoms with van der Waals surface area (Å²) >= 11 is 6.26. The zero-order chi connectivity index (χ0) is 15.2. The fraction of sp³-hybridized carbons (Fsp3) is 0.625. The molecule has 0 unspecified atom stereocenters. The molecule has 0 spiro atoms. The molecule has 4 heteroatoms. The molecule has 0 bridgehead atoms. The van der Waals surface area contributed by atoms with Crippen molar-refractivity contribution in [2.24, 2.45) is 0 Å². The predicted molar refractivity (Wildman–Crippen MR) is 86.7 cm³/mol. The highest BCUT2D eigenvalue weighted by atomic mass is 35.5. The van der Waals surface area contributed by atoms with Crippen LogP contribution in [0, 0.1) is 0 Å². The summed E-state index contributed by atoms with van der Waals surface area (Å²) < 4.78 is 5.71.